The van der Waals surface area contributed by atoms with Gasteiger partial charge in [-0.15, -0.1) is 0 Å². The first-order valence-electron chi connectivity index (χ1n) is 7.42. The van der Waals surface area contributed by atoms with Crippen LogP contribution in [0, 0.1) is 17.0 Å². The monoisotopic (exact) mass is 342 g/mol. The van der Waals surface area contributed by atoms with Crippen molar-refractivity contribution in [2.45, 2.75) is 24.5 Å². The molecule has 3 rings (SSSR count). The number of rotatable bonds is 2. The maximum Gasteiger partial charge on any atom is 0.271 e. The molecule has 0 aliphatic carbocycles. The average molecular weight is 343 g/mol. The van der Waals surface area contributed by atoms with Crippen molar-refractivity contribution in [3.8, 4) is 0 Å². The first-order valence-corrected chi connectivity index (χ1v) is 8.78. The number of ether oxygens (including phenoxy) is 1. The Morgan fingerprint density at radius 1 is 1.41 bits per heavy atom. The number of thioether (sulfide) groups is 1. The Kier molecular flexibility index (Phi) is 4.52. The number of nitro groups is 1. The van der Waals surface area contributed by atoms with Crippen molar-refractivity contribution in [3.63, 3.8) is 0 Å². The molecule has 1 aromatic rings. The number of benzene rings is 1. The van der Waals surface area contributed by atoms with Crippen molar-refractivity contribution in [1.29, 1.82) is 0 Å². The minimum absolute atomic E-state index is 0.0541. The molecule has 0 amide bonds. The van der Waals surface area contributed by atoms with Gasteiger partial charge in [0.25, 0.3) is 5.69 Å². The molecule has 0 N–H and O–H groups in total. The number of hydrogen-bond acceptors (Lipinski definition) is 5. The smallest absolute Gasteiger partial charge is 0.271 e. The molecule has 0 saturated carbocycles. The summed E-state index contributed by atoms with van der Waals surface area (Å²) in [6.07, 6.45) is 2.11. The Morgan fingerprint density at radius 3 is 2.77 bits per heavy atom. The largest absolute Gasteiger partial charge is 0.381 e. The van der Waals surface area contributed by atoms with Crippen LogP contribution in [0.2, 0.25) is 5.02 Å². The quantitative estimate of drug-likeness (QED) is 0.606. The predicted molar refractivity (Wildman–Crippen MR) is 90.3 cm³/mol. The molecule has 0 unspecified atom stereocenters. The zero-order valence-corrected chi connectivity index (χ0v) is 14.1. The summed E-state index contributed by atoms with van der Waals surface area (Å²) < 4.78 is 5.72. The summed E-state index contributed by atoms with van der Waals surface area (Å²) in [5.74, 6) is 1.05. The average Bonchev–Trinajstić information content (AvgIpc) is 2.47. The van der Waals surface area contributed by atoms with Crippen molar-refractivity contribution < 1.29 is 9.66 Å². The highest BCUT2D eigenvalue weighted by molar-refractivity contribution is 8.00. The van der Waals surface area contributed by atoms with E-state index in [0.717, 1.165) is 56.1 Å². The molecule has 2 aliphatic heterocycles. The van der Waals surface area contributed by atoms with E-state index in [-0.39, 0.29) is 10.4 Å². The lowest BCUT2D eigenvalue weighted by Gasteiger charge is -2.45. The van der Waals surface area contributed by atoms with Gasteiger partial charge in [0.05, 0.1) is 15.6 Å². The molecule has 0 bridgehead atoms. The lowest BCUT2D eigenvalue weighted by Crippen LogP contribution is -2.49. The Hall–Kier alpha value is -0.980. The van der Waals surface area contributed by atoms with Crippen LogP contribution in [-0.2, 0) is 4.74 Å². The Labute approximate surface area is 139 Å². The van der Waals surface area contributed by atoms with Gasteiger partial charge in [-0.2, -0.15) is 11.8 Å². The van der Waals surface area contributed by atoms with Crippen molar-refractivity contribution >= 4 is 34.7 Å². The van der Waals surface area contributed by atoms with Crippen molar-refractivity contribution in [3.05, 3.63) is 32.8 Å². The van der Waals surface area contributed by atoms with Crippen molar-refractivity contribution in [2.75, 3.05) is 37.0 Å². The molecule has 2 saturated heterocycles. The second-order valence-electron chi connectivity index (χ2n) is 5.92. The van der Waals surface area contributed by atoms with E-state index in [1.807, 2.05) is 18.7 Å². The highest BCUT2D eigenvalue weighted by Gasteiger charge is 2.38. The summed E-state index contributed by atoms with van der Waals surface area (Å²) in [7, 11) is 0. The number of non-ortho nitro benzene ring substituents is 1. The number of halogens is 1. The van der Waals surface area contributed by atoms with Gasteiger partial charge in [-0.25, -0.2) is 0 Å². The van der Waals surface area contributed by atoms with Gasteiger partial charge in [0, 0.05) is 48.9 Å². The van der Waals surface area contributed by atoms with Gasteiger partial charge in [0.2, 0.25) is 0 Å². The van der Waals surface area contributed by atoms with Crippen LogP contribution in [0.15, 0.2) is 12.1 Å². The number of hydrogen-bond donors (Lipinski definition) is 0. The van der Waals surface area contributed by atoms with E-state index in [1.54, 1.807) is 6.07 Å². The van der Waals surface area contributed by atoms with Crippen LogP contribution >= 0.6 is 23.4 Å². The second kappa shape index (κ2) is 6.26. The third kappa shape index (κ3) is 3.05. The number of nitro benzene ring substituents is 1. The summed E-state index contributed by atoms with van der Waals surface area (Å²) >= 11 is 8.39. The topological polar surface area (TPSA) is 55.6 Å². The fourth-order valence-electron chi connectivity index (χ4n) is 3.31. The maximum absolute atomic E-state index is 11.0. The van der Waals surface area contributed by atoms with Gasteiger partial charge >= 0.3 is 0 Å². The molecule has 7 heteroatoms. The SMILES string of the molecule is Cc1cc([N+](=O)[O-])cc(Cl)c1N1CCSC2(CCOCC2)C1. The van der Waals surface area contributed by atoms with Crippen LogP contribution in [-0.4, -0.2) is 41.7 Å². The van der Waals surface area contributed by atoms with E-state index >= 15 is 0 Å². The van der Waals surface area contributed by atoms with Crippen LogP contribution in [0.1, 0.15) is 18.4 Å². The fourth-order valence-corrected chi connectivity index (χ4v) is 5.13. The number of aryl methyl sites for hydroxylation is 1. The van der Waals surface area contributed by atoms with E-state index in [4.69, 9.17) is 16.3 Å². The molecule has 22 heavy (non-hydrogen) atoms. The molecular formula is C15H19ClN2O3S. The summed E-state index contributed by atoms with van der Waals surface area (Å²) in [6, 6.07) is 3.07. The molecule has 0 radical (unpaired) electrons. The summed E-state index contributed by atoms with van der Waals surface area (Å²) in [5.41, 5.74) is 1.87. The van der Waals surface area contributed by atoms with Crippen LogP contribution in [0.4, 0.5) is 11.4 Å². The molecule has 2 aliphatic rings. The minimum atomic E-state index is -0.394. The van der Waals surface area contributed by atoms with Crippen molar-refractivity contribution in [1.82, 2.24) is 0 Å². The Bertz CT molecular complexity index is 562. The van der Waals surface area contributed by atoms with E-state index in [0.29, 0.717) is 5.02 Å². The van der Waals surface area contributed by atoms with Gasteiger partial charge in [0.15, 0.2) is 0 Å². The summed E-state index contributed by atoms with van der Waals surface area (Å²) in [4.78, 5) is 12.9. The standard InChI is InChI=1S/C15H19ClN2O3S/c1-11-8-12(18(19)20)9-13(16)14(11)17-4-7-22-15(10-17)2-5-21-6-3-15/h8-9H,2-7,10H2,1H3. The minimum Gasteiger partial charge on any atom is -0.381 e. The first-order chi connectivity index (χ1) is 10.5. The maximum atomic E-state index is 11.0. The normalized spacial score (nSPS) is 21.1. The third-order valence-corrected chi connectivity index (χ3v) is 6.24. The summed E-state index contributed by atoms with van der Waals surface area (Å²) in [6.45, 7) is 5.37. The fraction of sp³-hybridized carbons (Fsp3) is 0.600. The zero-order chi connectivity index (χ0) is 15.7. The predicted octanol–water partition coefficient (Wildman–Crippen LogP) is 3.66. The first kappa shape index (κ1) is 15.9. The van der Waals surface area contributed by atoms with Crippen LogP contribution in [0.5, 0.6) is 0 Å². The lowest BCUT2D eigenvalue weighted by atomic mass is 9.97. The third-order valence-electron chi connectivity index (χ3n) is 4.42. The van der Waals surface area contributed by atoms with Gasteiger partial charge < -0.3 is 9.64 Å². The van der Waals surface area contributed by atoms with E-state index < -0.39 is 4.92 Å². The van der Waals surface area contributed by atoms with Crippen LogP contribution < -0.4 is 4.90 Å². The van der Waals surface area contributed by atoms with E-state index in [2.05, 4.69) is 4.90 Å². The van der Waals surface area contributed by atoms with E-state index in [1.165, 1.54) is 6.07 Å². The number of anilines is 1. The van der Waals surface area contributed by atoms with Crippen LogP contribution in [0.3, 0.4) is 0 Å². The molecule has 1 aromatic carbocycles. The molecular weight excluding hydrogens is 324 g/mol. The van der Waals surface area contributed by atoms with Gasteiger partial charge in [-0.3, -0.25) is 10.1 Å². The molecule has 2 fully saturated rings. The summed E-state index contributed by atoms with van der Waals surface area (Å²) in [5, 5.41) is 11.4. The number of nitrogens with zero attached hydrogens (tertiary/aromatic N) is 2. The highest BCUT2D eigenvalue weighted by atomic mass is 35.5. The van der Waals surface area contributed by atoms with Crippen LogP contribution in [0.25, 0.3) is 0 Å². The molecule has 0 aromatic heterocycles. The zero-order valence-electron chi connectivity index (χ0n) is 12.5. The molecule has 1 spiro atoms. The Morgan fingerprint density at radius 2 is 2.14 bits per heavy atom. The highest BCUT2D eigenvalue weighted by Crippen LogP contribution is 2.43. The van der Waals surface area contributed by atoms with Gasteiger partial charge in [-0.1, -0.05) is 11.6 Å². The van der Waals surface area contributed by atoms with Gasteiger partial charge in [0.1, 0.15) is 0 Å². The molecule has 2 heterocycles. The van der Waals surface area contributed by atoms with E-state index in [9.17, 15) is 10.1 Å². The lowest BCUT2D eigenvalue weighted by molar-refractivity contribution is -0.384. The molecule has 120 valence electrons. The Balaban J connectivity index is 1.88. The second-order valence-corrected chi connectivity index (χ2v) is 7.89. The van der Waals surface area contributed by atoms with Gasteiger partial charge in [-0.05, 0) is 25.3 Å². The molecule has 5 nitrogen and oxygen atoms in total. The molecule has 0 atom stereocenters. The van der Waals surface area contributed by atoms with Crippen molar-refractivity contribution in [2.24, 2.45) is 0 Å².